The summed E-state index contributed by atoms with van der Waals surface area (Å²) in [7, 11) is 0. The van der Waals surface area contributed by atoms with E-state index in [0.717, 1.165) is 17.5 Å². The summed E-state index contributed by atoms with van der Waals surface area (Å²) in [6.07, 6.45) is 0.727. The van der Waals surface area contributed by atoms with Crippen molar-refractivity contribution in [1.29, 1.82) is 0 Å². The SMILES string of the molecule is O=C(COC(=O)c1ccc(OCc2ccccc2)cc1)NCCc1ccccc1. The van der Waals surface area contributed by atoms with E-state index in [1.54, 1.807) is 24.3 Å². The predicted octanol–water partition coefficient (Wildman–Crippen LogP) is 3.78. The lowest BCUT2D eigenvalue weighted by Gasteiger charge is -2.08. The van der Waals surface area contributed by atoms with Crippen molar-refractivity contribution < 1.29 is 19.1 Å². The van der Waals surface area contributed by atoms with Gasteiger partial charge in [-0.3, -0.25) is 4.79 Å². The number of nitrogens with one attached hydrogen (secondary N) is 1. The summed E-state index contributed by atoms with van der Waals surface area (Å²) in [4.78, 5) is 23.9. The highest BCUT2D eigenvalue weighted by Crippen LogP contribution is 2.15. The largest absolute Gasteiger partial charge is 0.489 e. The summed E-state index contributed by atoms with van der Waals surface area (Å²) in [6.45, 7) is 0.640. The van der Waals surface area contributed by atoms with Crippen LogP contribution in [0.25, 0.3) is 0 Å². The number of carbonyl (C=O) groups excluding carboxylic acids is 2. The molecule has 0 heterocycles. The van der Waals surface area contributed by atoms with Crippen LogP contribution in [0, 0.1) is 0 Å². The minimum Gasteiger partial charge on any atom is -0.489 e. The third kappa shape index (κ3) is 6.81. The number of hydrogen-bond acceptors (Lipinski definition) is 4. The van der Waals surface area contributed by atoms with Crippen LogP contribution in [0.2, 0.25) is 0 Å². The molecule has 3 rings (SSSR count). The van der Waals surface area contributed by atoms with E-state index in [2.05, 4.69) is 5.32 Å². The van der Waals surface area contributed by atoms with Crippen molar-refractivity contribution in [3.63, 3.8) is 0 Å². The average Bonchev–Trinajstić information content (AvgIpc) is 2.78. The lowest BCUT2D eigenvalue weighted by molar-refractivity contribution is -0.124. The van der Waals surface area contributed by atoms with Gasteiger partial charge in [-0.05, 0) is 41.8 Å². The van der Waals surface area contributed by atoms with Crippen LogP contribution in [-0.4, -0.2) is 25.0 Å². The van der Waals surface area contributed by atoms with E-state index in [1.165, 1.54) is 0 Å². The molecule has 5 nitrogen and oxygen atoms in total. The molecule has 0 aliphatic carbocycles. The first kappa shape index (κ1) is 20.1. The Morgan fingerprint density at radius 1 is 0.759 bits per heavy atom. The molecule has 1 amide bonds. The maximum atomic E-state index is 12.1. The van der Waals surface area contributed by atoms with E-state index < -0.39 is 5.97 Å². The zero-order valence-corrected chi connectivity index (χ0v) is 16.0. The molecule has 1 N–H and O–H groups in total. The summed E-state index contributed by atoms with van der Waals surface area (Å²) in [5, 5.41) is 2.74. The molecule has 0 bridgehead atoms. The van der Waals surface area contributed by atoms with E-state index in [0.29, 0.717) is 24.5 Å². The van der Waals surface area contributed by atoms with Crippen LogP contribution in [0.1, 0.15) is 21.5 Å². The second-order valence-corrected chi connectivity index (χ2v) is 6.46. The minimum absolute atomic E-state index is 0.306. The van der Waals surface area contributed by atoms with E-state index in [-0.39, 0.29) is 12.5 Å². The highest BCUT2D eigenvalue weighted by atomic mass is 16.5. The first-order valence-corrected chi connectivity index (χ1v) is 9.45. The molecule has 148 valence electrons. The summed E-state index contributed by atoms with van der Waals surface area (Å²) in [5.74, 6) is -0.209. The van der Waals surface area contributed by atoms with Gasteiger partial charge < -0.3 is 14.8 Å². The molecule has 0 unspecified atom stereocenters. The molecule has 29 heavy (non-hydrogen) atoms. The van der Waals surface area contributed by atoms with Gasteiger partial charge in [0.2, 0.25) is 0 Å². The Labute approximate surface area is 170 Å². The van der Waals surface area contributed by atoms with Crippen LogP contribution in [0.15, 0.2) is 84.9 Å². The Morgan fingerprint density at radius 3 is 2.03 bits per heavy atom. The van der Waals surface area contributed by atoms with Crippen LogP contribution in [-0.2, 0) is 22.6 Å². The Balaban J connectivity index is 1.38. The highest BCUT2D eigenvalue weighted by molar-refractivity contribution is 5.91. The molecular formula is C24H23NO4. The third-order valence-corrected chi connectivity index (χ3v) is 4.25. The Hall–Kier alpha value is -3.60. The zero-order valence-electron chi connectivity index (χ0n) is 16.0. The van der Waals surface area contributed by atoms with Gasteiger partial charge in [0.25, 0.3) is 5.91 Å². The molecule has 0 atom stereocenters. The normalized spacial score (nSPS) is 10.2. The molecule has 0 fully saturated rings. The van der Waals surface area contributed by atoms with E-state index in [9.17, 15) is 9.59 Å². The second kappa shape index (κ2) is 10.7. The zero-order chi connectivity index (χ0) is 20.3. The van der Waals surface area contributed by atoms with Gasteiger partial charge in [-0.1, -0.05) is 60.7 Å². The summed E-state index contributed by atoms with van der Waals surface area (Å²) >= 11 is 0. The Bertz CT molecular complexity index is 909. The molecule has 0 aromatic heterocycles. The molecule has 0 spiro atoms. The molecule has 3 aromatic rings. The number of benzene rings is 3. The van der Waals surface area contributed by atoms with Crippen molar-refractivity contribution in [3.8, 4) is 5.75 Å². The molecule has 0 radical (unpaired) electrons. The van der Waals surface area contributed by atoms with Crippen LogP contribution in [0.5, 0.6) is 5.75 Å². The lowest BCUT2D eigenvalue weighted by Crippen LogP contribution is -2.30. The molecule has 0 aliphatic rings. The molecule has 0 aliphatic heterocycles. The molecule has 0 saturated heterocycles. The molecular weight excluding hydrogens is 366 g/mol. The number of ether oxygens (including phenoxy) is 2. The molecule has 0 saturated carbocycles. The van der Waals surface area contributed by atoms with Gasteiger partial charge in [0.15, 0.2) is 6.61 Å². The monoisotopic (exact) mass is 389 g/mol. The van der Waals surface area contributed by atoms with Gasteiger partial charge in [-0.2, -0.15) is 0 Å². The summed E-state index contributed by atoms with van der Waals surface area (Å²) in [5.41, 5.74) is 2.57. The fourth-order valence-electron chi connectivity index (χ4n) is 2.68. The van der Waals surface area contributed by atoms with Crippen LogP contribution >= 0.6 is 0 Å². The lowest BCUT2D eigenvalue weighted by atomic mass is 10.1. The summed E-state index contributed by atoms with van der Waals surface area (Å²) < 4.78 is 10.8. The van der Waals surface area contributed by atoms with Gasteiger partial charge in [0.05, 0.1) is 5.56 Å². The van der Waals surface area contributed by atoms with Crippen molar-refractivity contribution in [3.05, 3.63) is 102 Å². The Morgan fingerprint density at radius 2 is 1.38 bits per heavy atom. The predicted molar refractivity (Wildman–Crippen MR) is 111 cm³/mol. The van der Waals surface area contributed by atoms with E-state index in [4.69, 9.17) is 9.47 Å². The smallest absolute Gasteiger partial charge is 0.338 e. The van der Waals surface area contributed by atoms with Gasteiger partial charge in [0, 0.05) is 6.54 Å². The average molecular weight is 389 g/mol. The maximum absolute atomic E-state index is 12.1. The van der Waals surface area contributed by atoms with Crippen molar-refractivity contribution in [2.45, 2.75) is 13.0 Å². The molecule has 3 aromatic carbocycles. The van der Waals surface area contributed by atoms with Crippen molar-refractivity contribution >= 4 is 11.9 Å². The van der Waals surface area contributed by atoms with Gasteiger partial charge >= 0.3 is 5.97 Å². The van der Waals surface area contributed by atoms with Gasteiger partial charge in [-0.25, -0.2) is 4.79 Å². The van der Waals surface area contributed by atoms with E-state index in [1.807, 2.05) is 60.7 Å². The minimum atomic E-state index is -0.544. The van der Waals surface area contributed by atoms with Crippen molar-refractivity contribution in [1.82, 2.24) is 5.32 Å². The topological polar surface area (TPSA) is 64.6 Å². The number of rotatable bonds is 9. The molecule has 5 heteroatoms. The van der Waals surface area contributed by atoms with Gasteiger partial charge in [-0.15, -0.1) is 0 Å². The number of hydrogen-bond donors (Lipinski definition) is 1. The third-order valence-electron chi connectivity index (χ3n) is 4.25. The number of esters is 1. The Kier molecular flexibility index (Phi) is 7.41. The first-order chi connectivity index (χ1) is 14.2. The standard InChI is InChI=1S/C24H23NO4/c26-23(25-16-15-19-7-3-1-4-8-19)18-29-24(27)21-11-13-22(14-12-21)28-17-20-9-5-2-6-10-20/h1-14H,15-18H2,(H,25,26). The van der Waals surface area contributed by atoms with E-state index >= 15 is 0 Å². The van der Waals surface area contributed by atoms with Crippen LogP contribution < -0.4 is 10.1 Å². The van der Waals surface area contributed by atoms with Crippen LogP contribution in [0.3, 0.4) is 0 Å². The number of carbonyl (C=O) groups is 2. The van der Waals surface area contributed by atoms with Crippen LogP contribution in [0.4, 0.5) is 0 Å². The fraction of sp³-hybridized carbons (Fsp3) is 0.167. The van der Waals surface area contributed by atoms with Crippen molar-refractivity contribution in [2.75, 3.05) is 13.2 Å². The summed E-state index contributed by atoms with van der Waals surface area (Å²) in [6, 6.07) is 26.3. The van der Waals surface area contributed by atoms with Gasteiger partial charge in [0.1, 0.15) is 12.4 Å². The first-order valence-electron chi connectivity index (χ1n) is 9.45. The maximum Gasteiger partial charge on any atom is 0.338 e. The quantitative estimate of drug-likeness (QED) is 0.566. The van der Waals surface area contributed by atoms with Crippen molar-refractivity contribution in [2.24, 2.45) is 0 Å². The number of amides is 1. The fourth-order valence-corrected chi connectivity index (χ4v) is 2.68. The second-order valence-electron chi connectivity index (χ2n) is 6.46. The highest BCUT2D eigenvalue weighted by Gasteiger charge is 2.10.